The van der Waals surface area contributed by atoms with Gasteiger partial charge in [0.2, 0.25) is 0 Å². The fraction of sp³-hybridized carbons (Fsp3) is 0.357. The lowest BCUT2D eigenvalue weighted by Crippen LogP contribution is -2.32. The Bertz CT molecular complexity index is 579. The lowest BCUT2D eigenvalue weighted by atomic mass is 10.1. The molecule has 20 heavy (non-hydrogen) atoms. The molecule has 1 aromatic heterocycles. The highest BCUT2D eigenvalue weighted by molar-refractivity contribution is 7.09. The van der Waals surface area contributed by atoms with Crippen LogP contribution in [0.2, 0.25) is 0 Å². The van der Waals surface area contributed by atoms with Gasteiger partial charge in [0.15, 0.2) is 5.69 Å². The van der Waals surface area contributed by atoms with Gasteiger partial charge in [0.25, 0.3) is 5.91 Å². The van der Waals surface area contributed by atoms with Crippen molar-refractivity contribution in [2.75, 3.05) is 13.2 Å². The normalized spacial score (nSPS) is 18.1. The Morgan fingerprint density at radius 1 is 1.40 bits per heavy atom. The second kappa shape index (κ2) is 6.11. The topological polar surface area (TPSA) is 64.1 Å². The Morgan fingerprint density at radius 2 is 2.25 bits per heavy atom. The number of rotatable bonds is 4. The second-order valence-electron chi connectivity index (χ2n) is 4.66. The Morgan fingerprint density at radius 3 is 3.00 bits per heavy atom. The molecule has 1 aliphatic heterocycles. The van der Waals surface area contributed by atoms with Crippen LogP contribution in [0.25, 0.3) is 10.4 Å². The van der Waals surface area contributed by atoms with Crippen molar-refractivity contribution in [3.8, 4) is 10.4 Å². The van der Waals surface area contributed by atoms with Crippen molar-refractivity contribution in [2.45, 2.75) is 18.9 Å². The van der Waals surface area contributed by atoms with Crippen LogP contribution < -0.4 is 5.32 Å². The lowest BCUT2D eigenvalue weighted by Gasteiger charge is -2.10. The maximum Gasteiger partial charge on any atom is 0.273 e. The van der Waals surface area contributed by atoms with Crippen LogP contribution in [0.5, 0.6) is 0 Å². The van der Waals surface area contributed by atoms with Crippen LogP contribution >= 0.6 is 11.5 Å². The maximum absolute atomic E-state index is 12.2. The van der Waals surface area contributed by atoms with Crippen molar-refractivity contribution >= 4 is 17.4 Å². The predicted molar refractivity (Wildman–Crippen MR) is 76.7 cm³/mol. The van der Waals surface area contributed by atoms with Gasteiger partial charge in [0.1, 0.15) is 0 Å². The quantitative estimate of drug-likeness (QED) is 0.936. The average Bonchev–Trinajstić information content (AvgIpc) is 3.17. The number of hydrogen-bond acceptors (Lipinski definition) is 5. The zero-order valence-electron chi connectivity index (χ0n) is 10.9. The number of nitrogens with zero attached hydrogens (tertiary/aromatic N) is 2. The monoisotopic (exact) mass is 289 g/mol. The summed E-state index contributed by atoms with van der Waals surface area (Å²) in [4.78, 5) is 13.0. The molecule has 1 aliphatic rings. The molecule has 0 saturated carbocycles. The minimum atomic E-state index is -0.187. The van der Waals surface area contributed by atoms with E-state index in [-0.39, 0.29) is 12.0 Å². The maximum atomic E-state index is 12.2. The number of carbonyl (C=O) groups excluding carboxylic acids is 1. The minimum absolute atomic E-state index is 0.130. The summed E-state index contributed by atoms with van der Waals surface area (Å²) in [6.45, 7) is 1.32. The first-order valence-electron chi connectivity index (χ1n) is 6.62. The Balaban J connectivity index is 1.70. The number of carbonyl (C=O) groups is 1. The van der Waals surface area contributed by atoms with Crippen LogP contribution in [0.15, 0.2) is 30.3 Å². The molecule has 0 unspecified atom stereocenters. The first-order valence-corrected chi connectivity index (χ1v) is 7.39. The van der Waals surface area contributed by atoms with E-state index in [9.17, 15) is 4.79 Å². The molecule has 1 fully saturated rings. The molecule has 5 nitrogen and oxygen atoms in total. The van der Waals surface area contributed by atoms with Crippen LogP contribution in [0.4, 0.5) is 0 Å². The van der Waals surface area contributed by atoms with Gasteiger partial charge in [0, 0.05) is 13.2 Å². The molecule has 1 amide bonds. The highest BCUT2D eigenvalue weighted by atomic mass is 32.1. The fourth-order valence-electron chi connectivity index (χ4n) is 2.21. The standard InChI is InChI=1S/C14H15N3O2S/c18-14(15-9-11-7-4-8-19-11)12-13(20-17-16-12)10-5-2-1-3-6-10/h1-3,5-6,11H,4,7-9H2,(H,15,18)/t11-/m0/s1. The molecule has 6 heteroatoms. The summed E-state index contributed by atoms with van der Waals surface area (Å²) in [6, 6.07) is 9.71. The number of hydrogen-bond donors (Lipinski definition) is 1. The molecular weight excluding hydrogens is 274 g/mol. The summed E-state index contributed by atoms with van der Waals surface area (Å²) >= 11 is 1.24. The van der Waals surface area contributed by atoms with Crippen molar-refractivity contribution in [3.05, 3.63) is 36.0 Å². The molecular formula is C14H15N3O2S. The van der Waals surface area contributed by atoms with Crippen molar-refractivity contribution in [3.63, 3.8) is 0 Å². The number of ether oxygens (including phenoxy) is 1. The van der Waals surface area contributed by atoms with Crippen LogP contribution in [0.1, 0.15) is 23.3 Å². The van der Waals surface area contributed by atoms with E-state index in [4.69, 9.17) is 4.74 Å². The number of amides is 1. The third-order valence-corrected chi connectivity index (χ3v) is 4.03. The predicted octanol–water partition coefficient (Wildman–Crippen LogP) is 2.11. The summed E-state index contributed by atoms with van der Waals surface area (Å²) in [7, 11) is 0. The number of benzene rings is 1. The van der Waals surface area contributed by atoms with Gasteiger partial charge in [-0.05, 0) is 29.9 Å². The van der Waals surface area contributed by atoms with Gasteiger partial charge in [-0.15, -0.1) is 5.10 Å². The summed E-state index contributed by atoms with van der Waals surface area (Å²) < 4.78 is 9.39. The van der Waals surface area contributed by atoms with Gasteiger partial charge >= 0.3 is 0 Å². The molecule has 1 atom stereocenters. The van der Waals surface area contributed by atoms with Gasteiger partial charge in [-0.25, -0.2) is 0 Å². The molecule has 1 N–H and O–H groups in total. The van der Waals surface area contributed by atoms with Gasteiger partial charge in [-0.1, -0.05) is 34.8 Å². The van der Waals surface area contributed by atoms with Crippen LogP contribution in [-0.4, -0.2) is 34.7 Å². The van der Waals surface area contributed by atoms with E-state index in [0.29, 0.717) is 12.2 Å². The van der Waals surface area contributed by atoms with Gasteiger partial charge < -0.3 is 10.1 Å². The minimum Gasteiger partial charge on any atom is -0.376 e. The van der Waals surface area contributed by atoms with Gasteiger partial charge in [0.05, 0.1) is 11.0 Å². The van der Waals surface area contributed by atoms with E-state index in [2.05, 4.69) is 14.9 Å². The fourth-order valence-corrected chi connectivity index (χ4v) is 2.88. The number of nitrogens with one attached hydrogen (secondary N) is 1. The molecule has 0 aliphatic carbocycles. The second-order valence-corrected chi connectivity index (χ2v) is 5.42. The van der Waals surface area contributed by atoms with Crippen molar-refractivity contribution in [1.29, 1.82) is 0 Å². The molecule has 2 aromatic rings. The number of aromatic nitrogens is 2. The van der Waals surface area contributed by atoms with Gasteiger partial charge in [-0.3, -0.25) is 4.79 Å². The van der Waals surface area contributed by atoms with Crippen molar-refractivity contribution in [2.24, 2.45) is 0 Å². The smallest absolute Gasteiger partial charge is 0.273 e. The van der Waals surface area contributed by atoms with Gasteiger partial charge in [-0.2, -0.15) is 0 Å². The average molecular weight is 289 g/mol. The van der Waals surface area contributed by atoms with Crippen LogP contribution in [-0.2, 0) is 4.74 Å². The lowest BCUT2D eigenvalue weighted by molar-refractivity contribution is 0.0854. The first kappa shape index (κ1) is 13.2. The zero-order valence-corrected chi connectivity index (χ0v) is 11.7. The summed E-state index contributed by atoms with van der Waals surface area (Å²) in [5.41, 5.74) is 1.35. The first-order chi connectivity index (χ1) is 9.84. The third-order valence-electron chi connectivity index (χ3n) is 3.25. The van der Waals surface area contributed by atoms with E-state index in [1.54, 1.807) is 0 Å². The molecule has 0 radical (unpaired) electrons. The van der Waals surface area contributed by atoms with E-state index in [1.807, 2.05) is 30.3 Å². The largest absolute Gasteiger partial charge is 0.376 e. The van der Waals surface area contributed by atoms with E-state index in [0.717, 1.165) is 29.9 Å². The summed E-state index contributed by atoms with van der Waals surface area (Å²) in [5.74, 6) is -0.187. The molecule has 1 saturated heterocycles. The Labute approximate surface area is 121 Å². The Hall–Kier alpha value is -1.79. The SMILES string of the molecule is O=C(NC[C@@H]1CCCO1)c1nnsc1-c1ccccc1. The highest BCUT2D eigenvalue weighted by Crippen LogP contribution is 2.25. The highest BCUT2D eigenvalue weighted by Gasteiger charge is 2.20. The van der Waals surface area contributed by atoms with E-state index in [1.165, 1.54) is 11.5 Å². The molecule has 0 spiro atoms. The van der Waals surface area contributed by atoms with Crippen molar-refractivity contribution < 1.29 is 9.53 Å². The van der Waals surface area contributed by atoms with Crippen molar-refractivity contribution in [1.82, 2.24) is 14.9 Å². The molecule has 1 aromatic carbocycles. The molecule has 0 bridgehead atoms. The van der Waals surface area contributed by atoms with Crippen LogP contribution in [0.3, 0.4) is 0 Å². The van der Waals surface area contributed by atoms with Crippen LogP contribution in [0, 0.1) is 0 Å². The Kier molecular flexibility index (Phi) is 4.03. The summed E-state index contributed by atoms with van der Waals surface area (Å²) in [6.07, 6.45) is 2.19. The zero-order chi connectivity index (χ0) is 13.8. The van der Waals surface area contributed by atoms with E-state index >= 15 is 0 Å². The molecule has 104 valence electrons. The third kappa shape index (κ3) is 2.86. The molecule has 2 heterocycles. The van der Waals surface area contributed by atoms with E-state index < -0.39 is 0 Å². The molecule has 3 rings (SSSR count). The summed E-state index contributed by atoms with van der Waals surface area (Å²) in [5, 5.41) is 6.83.